The number of aromatic nitrogens is 4. The lowest BCUT2D eigenvalue weighted by Crippen LogP contribution is -2.40. The maximum atomic E-state index is 11.0. The fourth-order valence-electron chi connectivity index (χ4n) is 3.25. The molecule has 0 spiro atoms. The number of hydrogen-bond acceptors (Lipinski definition) is 7. The molecule has 4 rings (SSSR count). The second-order valence-corrected chi connectivity index (χ2v) is 6.18. The van der Waals surface area contributed by atoms with Gasteiger partial charge in [-0.2, -0.15) is 4.68 Å². The Morgan fingerprint density at radius 2 is 1.74 bits per heavy atom. The first-order chi connectivity index (χ1) is 13.2. The molecule has 3 aromatic rings. The molecule has 27 heavy (non-hydrogen) atoms. The molecule has 1 atom stereocenters. The number of para-hydroxylation sites is 1. The van der Waals surface area contributed by atoms with E-state index in [0.29, 0.717) is 19.0 Å². The van der Waals surface area contributed by atoms with Crippen molar-refractivity contribution in [3.05, 3.63) is 76.1 Å². The minimum atomic E-state index is -0.401. The minimum absolute atomic E-state index is 0.0575. The second kappa shape index (κ2) is 7.60. The Bertz CT molecular complexity index is 906. The van der Waals surface area contributed by atoms with E-state index in [0.717, 1.165) is 24.3 Å². The average Bonchev–Trinajstić information content (AvgIpc) is 3.19. The van der Waals surface area contributed by atoms with Gasteiger partial charge in [0, 0.05) is 25.2 Å². The van der Waals surface area contributed by atoms with Crippen LogP contribution >= 0.6 is 0 Å². The molecule has 9 nitrogen and oxygen atoms in total. The van der Waals surface area contributed by atoms with Gasteiger partial charge in [-0.1, -0.05) is 30.3 Å². The van der Waals surface area contributed by atoms with Crippen molar-refractivity contribution in [1.29, 1.82) is 0 Å². The van der Waals surface area contributed by atoms with Crippen LogP contribution in [0.4, 0.5) is 5.69 Å². The molecule has 2 heterocycles. The number of hydrogen-bond donors (Lipinski definition) is 0. The lowest BCUT2D eigenvalue weighted by Gasteiger charge is -2.33. The van der Waals surface area contributed by atoms with Crippen molar-refractivity contribution in [2.45, 2.75) is 6.04 Å². The van der Waals surface area contributed by atoms with Crippen molar-refractivity contribution >= 4 is 5.69 Å². The van der Waals surface area contributed by atoms with Crippen LogP contribution in [0.15, 0.2) is 54.6 Å². The summed E-state index contributed by atoms with van der Waals surface area (Å²) in [6, 6.07) is 16.0. The van der Waals surface area contributed by atoms with Crippen LogP contribution in [0.1, 0.15) is 17.4 Å². The normalized spacial score (nSPS) is 16.1. The van der Waals surface area contributed by atoms with E-state index in [4.69, 9.17) is 4.74 Å². The molecule has 1 fully saturated rings. The molecule has 2 aromatic carbocycles. The monoisotopic (exact) mass is 366 g/mol. The highest BCUT2D eigenvalue weighted by molar-refractivity contribution is 5.38. The molecular formula is C18H18N6O3. The average molecular weight is 366 g/mol. The molecule has 0 amide bonds. The molecule has 0 N–H and O–H groups in total. The van der Waals surface area contributed by atoms with Gasteiger partial charge in [-0.25, -0.2) is 0 Å². The first-order valence-corrected chi connectivity index (χ1v) is 8.64. The molecule has 0 bridgehead atoms. The maximum Gasteiger partial charge on any atom is 0.269 e. The zero-order chi connectivity index (χ0) is 18.6. The second-order valence-electron chi connectivity index (χ2n) is 6.18. The highest BCUT2D eigenvalue weighted by Crippen LogP contribution is 2.30. The van der Waals surface area contributed by atoms with Gasteiger partial charge in [0.1, 0.15) is 0 Å². The SMILES string of the molecule is O=[N+]([O-])c1ccc(C(c2nnnn2-c2ccccc2)N2CCOCC2)cc1. The summed E-state index contributed by atoms with van der Waals surface area (Å²) >= 11 is 0. The van der Waals surface area contributed by atoms with Crippen molar-refractivity contribution in [3.63, 3.8) is 0 Å². The third-order valence-electron chi connectivity index (χ3n) is 4.57. The Morgan fingerprint density at radius 1 is 1.04 bits per heavy atom. The topological polar surface area (TPSA) is 99.2 Å². The summed E-state index contributed by atoms with van der Waals surface area (Å²) in [7, 11) is 0. The summed E-state index contributed by atoms with van der Waals surface area (Å²) < 4.78 is 7.19. The van der Waals surface area contributed by atoms with Crippen molar-refractivity contribution in [1.82, 2.24) is 25.1 Å². The maximum absolute atomic E-state index is 11.0. The number of tetrazole rings is 1. The zero-order valence-electron chi connectivity index (χ0n) is 14.5. The van der Waals surface area contributed by atoms with Gasteiger partial charge < -0.3 is 4.74 Å². The smallest absolute Gasteiger partial charge is 0.269 e. The van der Waals surface area contributed by atoms with Crippen LogP contribution in [0.3, 0.4) is 0 Å². The summed E-state index contributed by atoms with van der Waals surface area (Å²) in [6.07, 6.45) is 0. The molecule has 0 radical (unpaired) electrons. The van der Waals surface area contributed by atoms with Crippen LogP contribution in [0, 0.1) is 10.1 Å². The van der Waals surface area contributed by atoms with Gasteiger partial charge >= 0.3 is 0 Å². The van der Waals surface area contributed by atoms with Crippen LogP contribution in [0.5, 0.6) is 0 Å². The fourth-order valence-corrected chi connectivity index (χ4v) is 3.25. The Hall–Kier alpha value is -3.17. The van der Waals surface area contributed by atoms with E-state index in [2.05, 4.69) is 20.4 Å². The number of morpholine rings is 1. The van der Waals surface area contributed by atoms with E-state index in [-0.39, 0.29) is 11.7 Å². The Balaban J connectivity index is 1.77. The van der Waals surface area contributed by atoms with Gasteiger partial charge in [0.2, 0.25) is 0 Å². The predicted molar refractivity (Wildman–Crippen MR) is 96.5 cm³/mol. The summed E-state index contributed by atoms with van der Waals surface area (Å²) in [5.74, 6) is 0.664. The van der Waals surface area contributed by atoms with Gasteiger partial charge in [-0.05, 0) is 28.1 Å². The van der Waals surface area contributed by atoms with E-state index >= 15 is 0 Å². The predicted octanol–water partition coefficient (Wildman–Crippen LogP) is 1.99. The number of nitro benzene ring substituents is 1. The number of ether oxygens (including phenoxy) is 1. The largest absolute Gasteiger partial charge is 0.379 e. The molecular weight excluding hydrogens is 348 g/mol. The summed E-state index contributed by atoms with van der Waals surface area (Å²) in [6.45, 7) is 2.69. The summed E-state index contributed by atoms with van der Waals surface area (Å²) in [5, 5.41) is 23.3. The summed E-state index contributed by atoms with van der Waals surface area (Å²) in [4.78, 5) is 12.8. The molecule has 9 heteroatoms. The molecule has 0 aliphatic carbocycles. The van der Waals surface area contributed by atoms with Crippen LogP contribution in [0.25, 0.3) is 5.69 Å². The molecule has 1 unspecified atom stereocenters. The Morgan fingerprint density at radius 3 is 2.41 bits per heavy atom. The lowest BCUT2D eigenvalue weighted by atomic mass is 10.0. The van der Waals surface area contributed by atoms with Gasteiger partial charge in [-0.3, -0.25) is 15.0 Å². The number of rotatable bonds is 5. The number of nitrogens with zero attached hydrogens (tertiary/aromatic N) is 6. The van der Waals surface area contributed by atoms with E-state index < -0.39 is 4.92 Å². The third kappa shape index (κ3) is 3.55. The van der Waals surface area contributed by atoms with Gasteiger partial charge in [0.25, 0.3) is 5.69 Å². The van der Waals surface area contributed by atoms with E-state index in [1.165, 1.54) is 12.1 Å². The fraction of sp³-hybridized carbons (Fsp3) is 0.278. The first-order valence-electron chi connectivity index (χ1n) is 8.64. The molecule has 1 saturated heterocycles. The minimum Gasteiger partial charge on any atom is -0.379 e. The Labute approximate surface area is 155 Å². The van der Waals surface area contributed by atoms with E-state index in [1.807, 2.05) is 30.3 Å². The van der Waals surface area contributed by atoms with Crippen LogP contribution in [0.2, 0.25) is 0 Å². The van der Waals surface area contributed by atoms with Gasteiger partial charge in [-0.15, -0.1) is 5.10 Å². The Kier molecular flexibility index (Phi) is 4.86. The number of non-ortho nitro benzene ring substituents is 1. The number of benzene rings is 2. The highest BCUT2D eigenvalue weighted by atomic mass is 16.6. The molecule has 1 aliphatic heterocycles. The van der Waals surface area contributed by atoms with Crippen LogP contribution in [-0.2, 0) is 4.74 Å². The summed E-state index contributed by atoms with van der Waals surface area (Å²) in [5.41, 5.74) is 1.81. The highest BCUT2D eigenvalue weighted by Gasteiger charge is 2.30. The molecule has 138 valence electrons. The first kappa shape index (κ1) is 17.3. The van der Waals surface area contributed by atoms with Crippen molar-refractivity contribution in [2.24, 2.45) is 0 Å². The van der Waals surface area contributed by atoms with Crippen LogP contribution in [-0.4, -0.2) is 56.3 Å². The molecule has 1 aromatic heterocycles. The lowest BCUT2D eigenvalue weighted by molar-refractivity contribution is -0.384. The van der Waals surface area contributed by atoms with Crippen molar-refractivity contribution in [3.8, 4) is 5.69 Å². The van der Waals surface area contributed by atoms with Crippen molar-refractivity contribution < 1.29 is 9.66 Å². The zero-order valence-corrected chi connectivity index (χ0v) is 14.5. The standard InChI is InChI=1S/C18H18N6O3/c25-24(26)16-8-6-14(7-9-16)17(22-10-12-27-13-11-22)18-19-20-21-23(18)15-4-2-1-3-5-15/h1-9,17H,10-13H2. The van der Waals surface area contributed by atoms with Gasteiger partial charge in [0.15, 0.2) is 5.82 Å². The van der Waals surface area contributed by atoms with Crippen molar-refractivity contribution in [2.75, 3.05) is 26.3 Å². The molecule has 0 saturated carbocycles. The van der Waals surface area contributed by atoms with E-state index in [1.54, 1.807) is 16.8 Å². The number of nitro groups is 1. The quantitative estimate of drug-likeness (QED) is 0.503. The molecule has 1 aliphatic rings. The van der Waals surface area contributed by atoms with Crippen LogP contribution < -0.4 is 0 Å². The van der Waals surface area contributed by atoms with Gasteiger partial charge in [0.05, 0.1) is 29.9 Å². The third-order valence-corrected chi connectivity index (χ3v) is 4.57. The van der Waals surface area contributed by atoms with E-state index in [9.17, 15) is 10.1 Å².